The summed E-state index contributed by atoms with van der Waals surface area (Å²) in [5.74, 6) is 3.25. The summed E-state index contributed by atoms with van der Waals surface area (Å²) >= 11 is 6.11. The molecule has 2 heterocycles. The predicted octanol–water partition coefficient (Wildman–Crippen LogP) is 3.93. The molecule has 0 amide bonds. The SMILES string of the molecule is COc1cc(Nc2nccc(Nc3cc(C)on3)n2)c(OC)cc1Cl. The van der Waals surface area contributed by atoms with Gasteiger partial charge in [0.25, 0.3) is 0 Å². The van der Waals surface area contributed by atoms with Crippen molar-refractivity contribution in [1.29, 1.82) is 0 Å². The van der Waals surface area contributed by atoms with Crippen LogP contribution in [0.1, 0.15) is 5.76 Å². The minimum absolute atomic E-state index is 0.368. The highest BCUT2D eigenvalue weighted by atomic mass is 35.5. The second-order valence-corrected chi connectivity index (χ2v) is 5.43. The first-order valence-corrected chi connectivity index (χ1v) is 7.69. The van der Waals surface area contributed by atoms with Crippen molar-refractivity contribution in [2.75, 3.05) is 24.9 Å². The number of benzene rings is 1. The fraction of sp³-hybridized carbons (Fsp3) is 0.188. The maximum atomic E-state index is 6.11. The first-order valence-electron chi connectivity index (χ1n) is 7.31. The highest BCUT2D eigenvalue weighted by molar-refractivity contribution is 6.32. The summed E-state index contributed by atoms with van der Waals surface area (Å²) in [6, 6.07) is 6.85. The molecule has 1 aromatic carbocycles. The largest absolute Gasteiger partial charge is 0.495 e. The van der Waals surface area contributed by atoms with Crippen molar-refractivity contribution in [2.45, 2.75) is 6.92 Å². The van der Waals surface area contributed by atoms with Crippen LogP contribution in [0.4, 0.5) is 23.3 Å². The van der Waals surface area contributed by atoms with Gasteiger partial charge in [-0.3, -0.25) is 0 Å². The van der Waals surface area contributed by atoms with Gasteiger partial charge in [0.05, 0.1) is 24.9 Å². The van der Waals surface area contributed by atoms with Crippen molar-refractivity contribution in [3.63, 3.8) is 0 Å². The summed E-state index contributed by atoms with van der Waals surface area (Å²) in [7, 11) is 3.09. The first kappa shape index (κ1) is 16.8. The fourth-order valence-corrected chi connectivity index (χ4v) is 2.35. The van der Waals surface area contributed by atoms with E-state index in [9.17, 15) is 0 Å². The zero-order valence-corrected chi connectivity index (χ0v) is 14.6. The first-order chi connectivity index (χ1) is 12.1. The summed E-state index contributed by atoms with van der Waals surface area (Å²) in [4.78, 5) is 8.58. The predicted molar refractivity (Wildman–Crippen MR) is 94.4 cm³/mol. The molecule has 0 saturated heterocycles. The van der Waals surface area contributed by atoms with Crippen LogP contribution < -0.4 is 20.1 Å². The van der Waals surface area contributed by atoms with Crippen molar-refractivity contribution in [2.24, 2.45) is 0 Å². The number of anilines is 4. The third kappa shape index (κ3) is 3.92. The van der Waals surface area contributed by atoms with Gasteiger partial charge in [0.15, 0.2) is 5.82 Å². The Balaban J connectivity index is 1.84. The highest BCUT2D eigenvalue weighted by Crippen LogP contribution is 2.36. The molecule has 3 aromatic rings. The van der Waals surface area contributed by atoms with E-state index in [2.05, 4.69) is 25.8 Å². The second-order valence-electron chi connectivity index (χ2n) is 5.03. The maximum Gasteiger partial charge on any atom is 0.229 e. The monoisotopic (exact) mass is 361 g/mol. The molecule has 2 N–H and O–H groups in total. The highest BCUT2D eigenvalue weighted by Gasteiger charge is 2.12. The number of ether oxygens (including phenoxy) is 2. The van der Waals surface area contributed by atoms with Gasteiger partial charge in [0.2, 0.25) is 5.95 Å². The van der Waals surface area contributed by atoms with Crippen LogP contribution in [-0.4, -0.2) is 29.3 Å². The molecule has 2 aromatic heterocycles. The van der Waals surface area contributed by atoms with Crippen LogP contribution in [0, 0.1) is 6.92 Å². The van der Waals surface area contributed by atoms with Gasteiger partial charge in [-0.25, -0.2) is 4.98 Å². The number of aromatic nitrogens is 3. The molecule has 0 aliphatic heterocycles. The Bertz CT molecular complexity index is 884. The van der Waals surface area contributed by atoms with Gasteiger partial charge in [0.1, 0.15) is 23.1 Å². The number of rotatable bonds is 6. The number of hydrogen-bond donors (Lipinski definition) is 2. The van der Waals surface area contributed by atoms with E-state index in [0.717, 1.165) is 0 Å². The van der Waals surface area contributed by atoms with Crippen LogP contribution in [0.5, 0.6) is 11.5 Å². The lowest BCUT2D eigenvalue weighted by atomic mass is 10.2. The Hall–Kier alpha value is -3.00. The standard InChI is InChI=1S/C16H16ClN5O3/c1-9-6-15(22-25-9)20-14-4-5-18-16(21-14)19-11-8-12(23-2)10(17)7-13(11)24-3/h4-8H,1-3H3,(H2,18,19,20,21,22). The fourth-order valence-electron chi connectivity index (χ4n) is 2.12. The molecule has 0 fully saturated rings. The molecule has 9 heteroatoms. The van der Waals surface area contributed by atoms with Crippen LogP contribution in [0.15, 0.2) is 35.0 Å². The van der Waals surface area contributed by atoms with E-state index in [1.807, 2.05) is 6.92 Å². The zero-order chi connectivity index (χ0) is 17.8. The lowest BCUT2D eigenvalue weighted by molar-refractivity contribution is 0.400. The molecule has 0 radical (unpaired) electrons. The van der Waals surface area contributed by atoms with E-state index < -0.39 is 0 Å². The van der Waals surface area contributed by atoms with E-state index in [1.54, 1.807) is 44.7 Å². The quantitative estimate of drug-likeness (QED) is 0.682. The van der Waals surface area contributed by atoms with E-state index in [0.29, 0.717) is 45.6 Å². The third-order valence-corrected chi connectivity index (χ3v) is 3.56. The number of halogens is 1. The van der Waals surface area contributed by atoms with E-state index in [4.69, 9.17) is 25.6 Å². The van der Waals surface area contributed by atoms with Crippen molar-refractivity contribution in [3.8, 4) is 11.5 Å². The Morgan fingerprint density at radius 1 is 1.04 bits per heavy atom. The van der Waals surface area contributed by atoms with Gasteiger partial charge < -0.3 is 24.6 Å². The molecule has 8 nitrogen and oxygen atoms in total. The van der Waals surface area contributed by atoms with Crippen LogP contribution in [0.2, 0.25) is 5.02 Å². The summed E-state index contributed by atoms with van der Waals surface area (Å²) in [5.41, 5.74) is 0.623. The van der Waals surface area contributed by atoms with Crippen molar-refractivity contribution < 1.29 is 14.0 Å². The molecule has 130 valence electrons. The van der Waals surface area contributed by atoms with Gasteiger partial charge in [-0.2, -0.15) is 4.98 Å². The zero-order valence-electron chi connectivity index (χ0n) is 13.8. The third-order valence-electron chi connectivity index (χ3n) is 3.26. The number of aryl methyl sites for hydroxylation is 1. The van der Waals surface area contributed by atoms with Crippen LogP contribution in [-0.2, 0) is 0 Å². The molecular formula is C16H16ClN5O3. The number of methoxy groups -OCH3 is 2. The van der Waals surface area contributed by atoms with Crippen molar-refractivity contribution in [3.05, 3.63) is 41.2 Å². The summed E-state index contributed by atoms with van der Waals surface area (Å²) in [5, 5.41) is 10.4. The summed E-state index contributed by atoms with van der Waals surface area (Å²) in [6.07, 6.45) is 1.62. The molecule has 0 saturated carbocycles. The van der Waals surface area contributed by atoms with Crippen LogP contribution >= 0.6 is 11.6 Å². The molecule has 0 aliphatic rings. The summed E-state index contributed by atoms with van der Waals surface area (Å²) in [6.45, 7) is 1.81. The second kappa shape index (κ2) is 7.27. The number of hydrogen-bond acceptors (Lipinski definition) is 8. The molecule has 0 aliphatic carbocycles. The van der Waals surface area contributed by atoms with E-state index >= 15 is 0 Å². The van der Waals surface area contributed by atoms with Crippen LogP contribution in [0.25, 0.3) is 0 Å². The lowest BCUT2D eigenvalue weighted by Gasteiger charge is -2.13. The average Bonchev–Trinajstić information content (AvgIpc) is 3.01. The Morgan fingerprint density at radius 2 is 1.84 bits per heavy atom. The normalized spacial score (nSPS) is 10.4. The van der Waals surface area contributed by atoms with Gasteiger partial charge in [-0.1, -0.05) is 16.8 Å². The molecule has 0 spiro atoms. The molecule has 0 atom stereocenters. The van der Waals surface area contributed by atoms with E-state index in [1.165, 1.54) is 0 Å². The molecule has 0 unspecified atom stereocenters. The number of nitrogens with zero attached hydrogens (tertiary/aromatic N) is 3. The minimum Gasteiger partial charge on any atom is -0.495 e. The Kier molecular flexibility index (Phi) is 4.90. The maximum absolute atomic E-state index is 6.11. The molecule has 3 rings (SSSR count). The Labute approximate surface area is 149 Å². The smallest absolute Gasteiger partial charge is 0.229 e. The summed E-state index contributed by atoms with van der Waals surface area (Å²) < 4.78 is 15.6. The Morgan fingerprint density at radius 3 is 2.52 bits per heavy atom. The van der Waals surface area contributed by atoms with Gasteiger partial charge >= 0.3 is 0 Å². The lowest BCUT2D eigenvalue weighted by Crippen LogP contribution is -2.02. The van der Waals surface area contributed by atoms with Gasteiger partial charge in [-0.05, 0) is 13.0 Å². The molecular weight excluding hydrogens is 346 g/mol. The van der Waals surface area contributed by atoms with Gasteiger partial charge in [-0.15, -0.1) is 0 Å². The van der Waals surface area contributed by atoms with E-state index in [-0.39, 0.29) is 0 Å². The molecule has 0 bridgehead atoms. The minimum atomic E-state index is 0.368. The van der Waals surface area contributed by atoms with Crippen molar-refractivity contribution >= 4 is 34.9 Å². The topological polar surface area (TPSA) is 94.3 Å². The van der Waals surface area contributed by atoms with Gasteiger partial charge in [0, 0.05) is 24.4 Å². The molecule has 25 heavy (non-hydrogen) atoms. The van der Waals surface area contributed by atoms with Crippen LogP contribution in [0.3, 0.4) is 0 Å². The van der Waals surface area contributed by atoms with Crippen molar-refractivity contribution in [1.82, 2.24) is 15.1 Å². The average molecular weight is 362 g/mol. The number of nitrogens with one attached hydrogen (secondary N) is 2.